The molecule has 3 aromatic carbocycles. The van der Waals surface area contributed by atoms with E-state index in [4.69, 9.17) is 34.6 Å². The summed E-state index contributed by atoms with van der Waals surface area (Å²) in [6.45, 7) is 7.93. The number of aromatic nitrogens is 3. The molecule has 0 radical (unpaired) electrons. The molecule has 0 saturated carbocycles. The van der Waals surface area contributed by atoms with Crippen LogP contribution >= 0.6 is 0 Å². The third kappa shape index (κ3) is 7.42. The van der Waals surface area contributed by atoms with E-state index in [0.29, 0.717) is 31.2 Å². The van der Waals surface area contributed by atoms with E-state index in [0.717, 1.165) is 108 Å². The van der Waals surface area contributed by atoms with Crippen molar-refractivity contribution in [3.8, 4) is 17.4 Å². The van der Waals surface area contributed by atoms with Crippen LogP contribution in [0.15, 0.2) is 72.8 Å². The molecule has 5 aromatic rings. The van der Waals surface area contributed by atoms with Crippen molar-refractivity contribution in [3.05, 3.63) is 106 Å². The van der Waals surface area contributed by atoms with Gasteiger partial charge >= 0.3 is 0 Å². The summed E-state index contributed by atoms with van der Waals surface area (Å²) in [6.07, 6.45) is 2.47. The smallest absolute Gasteiger partial charge is 0.249 e. The number of amides is 1. The zero-order chi connectivity index (χ0) is 35.3. The lowest BCUT2D eigenvalue weighted by molar-refractivity contribution is -0.00488. The molecule has 1 unspecified atom stereocenters. The molecule has 1 aliphatic heterocycles. The van der Waals surface area contributed by atoms with E-state index in [1.54, 1.807) is 20.3 Å². The van der Waals surface area contributed by atoms with Gasteiger partial charge in [-0.2, -0.15) is 4.98 Å². The monoisotopic (exact) mass is 690 g/mol. The summed E-state index contributed by atoms with van der Waals surface area (Å²) in [4.78, 5) is 27.9. The number of primary amides is 1. The summed E-state index contributed by atoms with van der Waals surface area (Å²) in [5.74, 6) is 2.38. The average Bonchev–Trinajstić information content (AvgIpc) is 3.50. The van der Waals surface area contributed by atoms with Crippen molar-refractivity contribution in [1.29, 1.82) is 0 Å². The van der Waals surface area contributed by atoms with Gasteiger partial charge in [0.1, 0.15) is 23.4 Å². The molecule has 2 aromatic heterocycles. The fourth-order valence-electron chi connectivity index (χ4n) is 7.30. The summed E-state index contributed by atoms with van der Waals surface area (Å²) >= 11 is 0. The molecule has 1 atom stereocenters. The minimum absolute atomic E-state index is 0.187. The number of hydrogen-bond acceptors (Lipinski definition) is 9. The van der Waals surface area contributed by atoms with Gasteiger partial charge in [0, 0.05) is 66.6 Å². The van der Waals surface area contributed by atoms with Crippen LogP contribution in [0.3, 0.4) is 0 Å². The van der Waals surface area contributed by atoms with E-state index in [9.17, 15) is 4.79 Å². The number of morpholine rings is 1. The summed E-state index contributed by atoms with van der Waals surface area (Å²) in [5.41, 5.74) is 12.2. The van der Waals surface area contributed by atoms with Crippen molar-refractivity contribution >= 4 is 22.6 Å². The molecular weight excluding hydrogens is 644 g/mol. The summed E-state index contributed by atoms with van der Waals surface area (Å²) < 4.78 is 25.6. The third-order valence-electron chi connectivity index (χ3n) is 9.90. The number of benzene rings is 3. The predicted molar refractivity (Wildman–Crippen MR) is 197 cm³/mol. The molecule has 1 fully saturated rings. The number of methoxy groups -OCH3 is 2. The second-order valence-corrected chi connectivity index (χ2v) is 13.2. The Hall–Kier alpha value is -4.97. The van der Waals surface area contributed by atoms with Crippen molar-refractivity contribution in [1.82, 2.24) is 19.4 Å². The molecule has 2 N–H and O–H groups in total. The van der Waals surface area contributed by atoms with Crippen LogP contribution < -0.4 is 20.1 Å². The molecule has 0 spiro atoms. The van der Waals surface area contributed by atoms with Crippen LogP contribution in [0.1, 0.15) is 57.4 Å². The van der Waals surface area contributed by atoms with Gasteiger partial charge < -0.3 is 29.6 Å². The predicted octanol–water partition coefficient (Wildman–Crippen LogP) is 5.78. The van der Waals surface area contributed by atoms with E-state index < -0.39 is 5.91 Å². The molecule has 1 amide bonds. The molecule has 7 rings (SSSR count). The second kappa shape index (κ2) is 15.5. The molecule has 11 nitrogen and oxygen atoms in total. The van der Waals surface area contributed by atoms with Crippen molar-refractivity contribution in [2.24, 2.45) is 5.73 Å². The number of anilines is 1. The molecule has 0 bridgehead atoms. The molecule has 51 heavy (non-hydrogen) atoms. The van der Waals surface area contributed by atoms with Gasteiger partial charge in [0.25, 0.3) is 0 Å². The number of nitrogens with zero attached hydrogens (tertiary/aromatic N) is 5. The number of nitrogens with two attached hydrogens (primary N) is 1. The first-order chi connectivity index (χ1) is 24.9. The highest BCUT2D eigenvalue weighted by Gasteiger charge is 2.31. The van der Waals surface area contributed by atoms with Crippen LogP contribution in [0.25, 0.3) is 16.9 Å². The van der Waals surface area contributed by atoms with E-state index in [2.05, 4.69) is 40.1 Å². The fraction of sp³-hybridized carbons (Fsp3) is 0.375. The van der Waals surface area contributed by atoms with E-state index in [-0.39, 0.29) is 6.10 Å². The Morgan fingerprint density at radius 1 is 0.980 bits per heavy atom. The van der Waals surface area contributed by atoms with Gasteiger partial charge in [0.05, 0.1) is 45.3 Å². The van der Waals surface area contributed by atoms with E-state index in [1.807, 2.05) is 47.9 Å². The zero-order valence-corrected chi connectivity index (χ0v) is 29.6. The maximum Gasteiger partial charge on any atom is 0.249 e. The SMILES string of the molecule is COc1ccc(CN(Cc2ccccc2)c2nc(-n3c(C)cc4c(C(N)=O)cccc43)nc3c2CCCC3OCCN2CCOCC2)c(OC)c1. The highest BCUT2D eigenvalue weighted by Crippen LogP contribution is 2.39. The molecule has 2 aliphatic rings. The quantitative estimate of drug-likeness (QED) is 0.164. The van der Waals surface area contributed by atoms with E-state index >= 15 is 0 Å². The summed E-state index contributed by atoms with van der Waals surface area (Å²) in [5, 5.41) is 0.771. The van der Waals surface area contributed by atoms with Crippen molar-refractivity contribution in [2.45, 2.75) is 45.4 Å². The summed E-state index contributed by atoms with van der Waals surface area (Å²) in [6, 6.07) is 23.9. The first kappa shape index (κ1) is 34.5. The molecule has 1 aliphatic carbocycles. The topological polar surface area (TPSA) is 117 Å². The standard InChI is InChI=1S/C40H46N6O5/c1-27-23-33-31(38(41)47)11-7-13-34(33)46(27)40-42-37-32(12-8-14-35(37)51-22-19-44-17-20-50-21-18-44)39(43-40)45(25-28-9-5-4-6-10-28)26-29-15-16-30(48-2)24-36(29)49-3/h4-7,9-11,13,15-16,23-24,35H,8,12,14,17-22,25-26H2,1-3H3,(H2,41,47). The molecule has 1 saturated heterocycles. The van der Waals surface area contributed by atoms with Gasteiger partial charge in [-0.05, 0) is 62.1 Å². The highest BCUT2D eigenvalue weighted by atomic mass is 16.5. The van der Waals surface area contributed by atoms with Gasteiger partial charge in [-0.25, -0.2) is 4.98 Å². The second-order valence-electron chi connectivity index (χ2n) is 13.2. The summed E-state index contributed by atoms with van der Waals surface area (Å²) in [7, 11) is 3.34. The van der Waals surface area contributed by atoms with Crippen molar-refractivity contribution < 1.29 is 23.7 Å². The lowest BCUT2D eigenvalue weighted by Gasteiger charge is -2.33. The maximum absolute atomic E-state index is 12.4. The Labute approximate surface area is 298 Å². The normalized spacial score (nSPS) is 16.2. The number of fused-ring (bicyclic) bond motifs is 2. The van der Waals surface area contributed by atoms with Crippen LogP contribution in [0.2, 0.25) is 0 Å². The third-order valence-corrected chi connectivity index (χ3v) is 9.90. The number of carbonyl (C=O) groups is 1. The van der Waals surface area contributed by atoms with Gasteiger partial charge in [-0.3, -0.25) is 14.3 Å². The van der Waals surface area contributed by atoms with E-state index in [1.165, 1.54) is 0 Å². The van der Waals surface area contributed by atoms with Gasteiger partial charge in [0.15, 0.2) is 0 Å². The fourth-order valence-corrected chi connectivity index (χ4v) is 7.30. The molecule has 3 heterocycles. The van der Waals surface area contributed by atoms with Crippen molar-refractivity contribution in [2.75, 3.05) is 58.6 Å². The maximum atomic E-state index is 12.4. The first-order valence-corrected chi connectivity index (χ1v) is 17.7. The number of carbonyl (C=O) groups excluding carboxylic acids is 1. The number of hydrogen-bond donors (Lipinski definition) is 1. The number of aryl methyl sites for hydroxylation is 1. The van der Waals surface area contributed by atoms with Crippen LogP contribution in [-0.4, -0.2) is 79.0 Å². The first-order valence-electron chi connectivity index (χ1n) is 17.7. The largest absolute Gasteiger partial charge is 0.497 e. The number of ether oxygens (including phenoxy) is 4. The van der Waals surface area contributed by atoms with Gasteiger partial charge in [-0.15, -0.1) is 0 Å². The Balaban J connectivity index is 1.37. The van der Waals surface area contributed by atoms with Crippen molar-refractivity contribution in [3.63, 3.8) is 0 Å². The van der Waals surface area contributed by atoms with Crippen LogP contribution in [0.5, 0.6) is 11.5 Å². The van der Waals surface area contributed by atoms with Gasteiger partial charge in [0.2, 0.25) is 11.9 Å². The average molecular weight is 691 g/mol. The lowest BCUT2D eigenvalue weighted by Crippen LogP contribution is -2.38. The Morgan fingerprint density at radius 2 is 1.80 bits per heavy atom. The minimum Gasteiger partial charge on any atom is -0.497 e. The Kier molecular flexibility index (Phi) is 10.5. The number of rotatable bonds is 13. The molecule has 266 valence electrons. The molecular formula is C40H46N6O5. The van der Waals surface area contributed by atoms with Crippen LogP contribution in [0.4, 0.5) is 5.82 Å². The van der Waals surface area contributed by atoms with Gasteiger partial charge in [-0.1, -0.05) is 36.4 Å². The lowest BCUT2D eigenvalue weighted by atomic mass is 9.93. The highest BCUT2D eigenvalue weighted by molar-refractivity contribution is 6.06. The zero-order valence-electron chi connectivity index (χ0n) is 29.6. The molecule has 11 heteroatoms. The van der Waals surface area contributed by atoms with Crippen LogP contribution in [0, 0.1) is 6.92 Å². The van der Waals surface area contributed by atoms with Crippen LogP contribution in [-0.2, 0) is 29.0 Å². The Morgan fingerprint density at radius 3 is 2.57 bits per heavy atom. The minimum atomic E-state index is -0.471. The Bertz CT molecular complexity index is 1990.